The Morgan fingerprint density at radius 2 is 2.06 bits per heavy atom. The molecular weight excluding hydrogens is 200 g/mol. The topological polar surface area (TPSA) is 35.6 Å². The molecule has 0 aliphatic carbocycles. The Morgan fingerprint density at radius 1 is 1.19 bits per heavy atom. The molecule has 2 aromatic heterocycles. The number of imidazole rings is 2. The van der Waals surface area contributed by atoms with Crippen LogP contribution >= 0.6 is 0 Å². The second-order valence-corrected chi connectivity index (χ2v) is 4.06. The van der Waals surface area contributed by atoms with Crippen LogP contribution in [0.3, 0.4) is 0 Å². The highest BCUT2D eigenvalue weighted by atomic mass is 15.1. The first-order valence-electron chi connectivity index (χ1n) is 5.50. The zero-order chi connectivity index (χ0) is 11.1. The summed E-state index contributed by atoms with van der Waals surface area (Å²) in [6.45, 7) is 5.09. The van der Waals surface area contributed by atoms with Gasteiger partial charge in [-0.05, 0) is 20.3 Å². The van der Waals surface area contributed by atoms with Gasteiger partial charge in [-0.15, -0.1) is 0 Å². The van der Waals surface area contributed by atoms with E-state index >= 15 is 0 Å². The van der Waals surface area contributed by atoms with Crippen LogP contribution in [0.25, 0.3) is 5.70 Å². The second-order valence-electron chi connectivity index (χ2n) is 4.06. The summed E-state index contributed by atoms with van der Waals surface area (Å²) in [6.07, 6.45) is 9.08. The van der Waals surface area contributed by atoms with Crippen molar-refractivity contribution in [2.45, 2.75) is 26.8 Å². The van der Waals surface area contributed by atoms with Gasteiger partial charge in [0.05, 0.1) is 17.6 Å². The van der Waals surface area contributed by atoms with E-state index in [0.29, 0.717) is 0 Å². The lowest BCUT2D eigenvalue weighted by Gasteiger charge is -2.18. The van der Waals surface area contributed by atoms with E-state index < -0.39 is 0 Å². The van der Waals surface area contributed by atoms with Gasteiger partial charge in [0.25, 0.3) is 0 Å². The number of nitrogens with zero attached hydrogens (tertiary/aromatic N) is 4. The minimum Gasteiger partial charge on any atom is -0.327 e. The van der Waals surface area contributed by atoms with Gasteiger partial charge in [-0.25, -0.2) is 9.97 Å². The van der Waals surface area contributed by atoms with E-state index in [9.17, 15) is 0 Å². The molecule has 0 bridgehead atoms. The molecule has 82 valence electrons. The molecule has 3 heterocycles. The lowest BCUT2D eigenvalue weighted by atomic mass is 10.2. The summed E-state index contributed by atoms with van der Waals surface area (Å²) in [6, 6.07) is 0. The monoisotopic (exact) mass is 214 g/mol. The SMILES string of the molecule is Cc1nccn1C1=CCCn2c1cnc2C. The van der Waals surface area contributed by atoms with Crippen molar-refractivity contribution in [1.29, 1.82) is 0 Å². The summed E-state index contributed by atoms with van der Waals surface area (Å²) in [5, 5.41) is 0. The summed E-state index contributed by atoms with van der Waals surface area (Å²) >= 11 is 0. The molecule has 0 atom stereocenters. The van der Waals surface area contributed by atoms with E-state index in [1.54, 1.807) is 0 Å². The molecule has 0 spiro atoms. The maximum Gasteiger partial charge on any atom is 0.110 e. The Morgan fingerprint density at radius 3 is 2.81 bits per heavy atom. The molecular formula is C12H14N4. The first kappa shape index (κ1) is 9.39. The lowest BCUT2D eigenvalue weighted by molar-refractivity contribution is 0.657. The zero-order valence-electron chi connectivity index (χ0n) is 9.51. The number of hydrogen-bond acceptors (Lipinski definition) is 2. The van der Waals surface area contributed by atoms with E-state index in [-0.39, 0.29) is 0 Å². The lowest BCUT2D eigenvalue weighted by Crippen LogP contribution is -2.13. The fraction of sp³-hybridized carbons (Fsp3) is 0.333. The molecule has 0 unspecified atom stereocenters. The van der Waals surface area contributed by atoms with Crippen LogP contribution < -0.4 is 0 Å². The highest BCUT2D eigenvalue weighted by Crippen LogP contribution is 2.24. The molecule has 0 saturated heterocycles. The van der Waals surface area contributed by atoms with E-state index in [4.69, 9.17) is 0 Å². The number of aromatic nitrogens is 4. The number of allylic oxidation sites excluding steroid dienone is 1. The third kappa shape index (κ3) is 1.23. The molecule has 0 amide bonds. The van der Waals surface area contributed by atoms with Crippen molar-refractivity contribution < 1.29 is 0 Å². The summed E-state index contributed by atoms with van der Waals surface area (Å²) in [4.78, 5) is 8.64. The van der Waals surface area contributed by atoms with Gasteiger partial charge in [0, 0.05) is 18.9 Å². The van der Waals surface area contributed by atoms with Gasteiger partial charge in [-0.2, -0.15) is 0 Å². The fourth-order valence-corrected chi connectivity index (χ4v) is 2.24. The summed E-state index contributed by atoms with van der Waals surface area (Å²) in [5.74, 6) is 2.09. The van der Waals surface area contributed by atoms with Crippen LogP contribution in [0.5, 0.6) is 0 Å². The molecule has 0 aromatic carbocycles. The third-order valence-electron chi connectivity index (χ3n) is 3.09. The Hall–Kier alpha value is -1.84. The van der Waals surface area contributed by atoms with Gasteiger partial charge in [0.2, 0.25) is 0 Å². The molecule has 0 radical (unpaired) electrons. The van der Waals surface area contributed by atoms with Gasteiger partial charge in [-0.3, -0.25) is 0 Å². The smallest absolute Gasteiger partial charge is 0.110 e. The number of aryl methyl sites for hydroxylation is 2. The normalized spacial score (nSPS) is 14.8. The fourth-order valence-electron chi connectivity index (χ4n) is 2.24. The average Bonchev–Trinajstić information content (AvgIpc) is 2.86. The number of rotatable bonds is 1. The Kier molecular flexibility index (Phi) is 1.96. The molecule has 16 heavy (non-hydrogen) atoms. The van der Waals surface area contributed by atoms with Crippen molar-refractivity contribution in [3.8, 4) is 0 Å². The van der Waals surface area contributed by atoms with Crippen molar-refractivity contribution in [1.82, 2.24) is 19.1 Å². The highest BCUT2D eigenvalue weighted by molar-refractivity contribution is 5.64. The minimum atomic E-state index is 1.01. The van der Waals surface area contributed by atoms with Crippen LogP contribution in [0.2, 0.25) is 0 Å². The molecule has 3 rings (SSSR count). The van der Waals surface area contributed by atoms with Gasteiger partial charge in [0.15, 0.2) is 0 Å². The van der Waals surface area contributed by atoms with Crippen LogP contribution in [0.15, 0.2) is 24.7 Å². The maximum atomic E-state index is 4.38. The van der Waals surface area contributed by atoms with Crippen LogP contribution in [0, 0.1) is 13.8 Å². The standard InChI is InChI=1S/C12H14N4/c1-9-13-5-7-16(9)11-4-3-6-15-10(2)14-8-12(11)15/h4-5,7-8H,3,6H2,1-2H3. The zero-order valence-corrected chi connectivity index (χ0v) is 9.51. The van der Waals surface area contributed by atoms with Crippen molar-refractivity contribution >= 4 is 5.70 Å². The summed E-state index contributed by atoms with van der Waals surface area (Å²) in [5.41, 5.74) is 2.38. The quantitative estimate of drug-likeness (QED) is 0.727. The molecule has 4 nitrogen and oxygen atoms in total. The molecule has 1 aliphatic heterocycles. The third-order valence-corrected chi connectivity index (χ3v) is 3.09. The van der Waals surface area contributed by atoms with Gasteiger partial charge >= 0.3 is 0 Å². The molecule has 2 aromatic rings. The summed E-state index contributed by atoms with van der Waals surface area (Å²) in [7, 11) is 0. The van der Waals surface area contributed by atoms with Gasteiger partial charge in [-0.1, -0.05) is 6.08 Å². The molecule has 0 N–H and O–H groups in total. The molecule has 1 aliphatic rings. The Bertz CT molecular complexity index is 559. The van der Waals surface area contributed by atoms with E-state index in [2.05, 4.69) is 25.2 Å². The largest absolute Gasteiger partial charge is 0.327 e. The summed E-state index contributed by atoms with van der Waals surface area (Å²) < 4.78 is 4.38. The Balaban J connectivity index is 2.16. The van der Waals surface area contributed by atoms with Crippen LogP contribution in [0.4, 0.5) is 0 Å². The maximum absolute atomic E-state index is 4.38. The van der Waals surface area contributed by atoms with E-state index in [1.807, 2.05) is 32.4 Å². The van der Waals surface area contributed by atoms with Crippen molar-refractivity contribution in [3.63, 3.8) is 0 Å². The first-order valence-corrected chi connectivity index (χ1v) is 5.50. The minimum absolute atomic E-state index is 1.01. The molecule has 0 fully saturated rings. The molecule has 4 heteroatoms. The number of fused-ring (bicyclic) bond motifs is 1. The van der Waals surface area contributed by atoms with Gasteiger partial charge in [0.1, 0.15) is 11.6 Å². The predicted octanol–water partition coefficient (Wildman–Crippen LogP) is 1.99. The van der Waals surface area contributed by atoms with Crippen LogP contribution in [-0.4, -0.2) is 19.1 Å². The van der Waals surface area contributed by atoms with Crippen LogP contribution in [0.1, 0.15) is 23.8 Å². The van der Waals surface area contributed by atoms with E-state index in [0.717, 1.165) is 24.6 Å². The van der Waals surface area contributed by atoms with Crippen molar-refractivity contribution in [2.24, 2.45) is 0 Å². The number of hydrogen-bond donors (Lipinski definition) is 0. The van der Waals surface area contributed by atoms with Gasteiger partial charge < -0.3 is 9.13 Å². The molecule has 0 saturated carbocycles. The predicted molar refractivity (Wildman–Crippen MR) is 61.9 cm³/mol. The highest BCUT2D eigenvalue weighted by Gasteiger charge is 2.17. The first-order chi connectivity index (χ1) is 7.77. The Labute approximate surface area is 94.3 Å². The van der Waals surface area contributed by atoms with Crippen molar-refractivity contribution in [2.75, 3.05) is 0 Å². The second kappa shape index (κ2) is 3.33. The van der Waals surface area contributed by atoms with Crippen molar-refractivity contribution in [3.05, 3.63) is 42.0 Å². The van der Waals surface area contributed by atoms with Crippen LogP contribution in [-0.2, 0) is 6.54 Å². The van der Waals surface area contributed by atoms with E-state index in [1.165, 1.54) is 11.4 Å². The average molecular weight is 214 g/mol.